The van der Waals surface area contributed by atoms with Gasteiger partial charge in [-0.2, -0.15) is 0 Å². The molecule has 0 unspecified atom stereocenters. The topological polar surface area (TPSA) is 48.5 Å². The van der Waals surface area contributed by atoms with E-state index in [4.69, 9.17) is 15.0 Å². The molecule has 13 aromatic rings. The Hall–Kier alpha value is -9.19. The monoisotopic (exact) mass is 865 g/mol. The molecule has 0 spiro atoms. The molecule has 3 heterocycles. The Bertz CT molecular complexity index is 4060. The third-order valence-electron chi connectivity index (χ3n) is 13.7. The first-order valence-electron chi connectivity index (χ1n) is 23.1. The summed E-state index contributed by atoms with van der Waals surface area (Å²) in [7, 11) is 0. The summed E-state index contributed by atoms with van der Waals surface area (Å²) in [6.45, 7) is 0. The summed E-state index contributed by atoms with van der Waals surface area (Å²) in [6.07, 6.45) is 0. The van der Waals surface area contributed by atoms with Crippen LogP contribution in [-0.4, -0.2) is 24.1 Å². The molecule has 0 saturated carbocycles. The molecule has 1 aliphatic rings. The van der Waals surface area contributed by atoms with Crippen molar-refractivity contribution in [1.29, 1.82) is 0 Å². The Kier molecular flexibility index (Phi) is 8.52. The second kappa shape index (κ2) is 15.2. The minimum atomic E-state index is 0.620. The van der Waals surface area contributed by atoms with Gasteiger partial charge in [0.2, 0.25) is 0 Å². The molecule has 0 fully saturated rings. The fourth-order valence-corrected chi connectivity index (χ4v) is 10.7. The number of fused-ring (bicyclic) bond motifs is 14. The van der Waals surface area contributed by atoms with E-state index in [-0.39, 0.29) is 0 Å². The van der Waals surface area contributed by atoms with Gasteiger partial charge < -0.3 is 9.13 Å². The molecule has 0 aliphatic heterocycles. The summed E-state index contributed by atoms with van der Waals surface area (Å²) in [5.41, 5.74) is 19.0. The average Bonchev–Trinajstić information content (AvgIpc) is 3.92. The van der Waals surface area contributed by atoms with Gasteiger partial charge in [0.25, 0.3) is 0 Å². The number of hydrogen-bond donors (Lipinski definition) is 0. The Morgan fingerprint density at radius 3 is 1.04 bits per heavy atom. The Labute approximate surface area is 392 Å². The summed E-state index contributed by atoms with van der Waals surface area (Å²) in [4.78, 5) is 15.4. The highest BCUT2D eigenvalue weighted by Crippen LogP contribution is 2.52. The molecule has 5 heteroatoms. The molecular formula is C63H39N5. The maximum atomic E-state index is 5.20. The van der Waals surface area contributed by atoms with E-state index in [9.17, 15) is 0 Å². The van der Waals surface area contributed by atoms with Gasteiger partial charge in [0.15, 0.2) is 17.5 Å². The molecule has 1 aliphatic carbocycles. The Balaban J connectivity index is 1.10. The maximum Gasteiger partial charge on any atom is 0.164 e. The van der Waals surface area contributed by atoms with Crippen LogP contribution in [0.1, 0.15) is 0 Å². The predicted molar refractivity (Wildman–Crippen MR) is 280 cm³/mol. The highest BCUT2D eigenvalue weighted by molar-refractivity contribution is 6.18. The lowest BCUT2D eigenvalue weighted by atomic mass is 9.79. The molecule has 0 bridgehead atoms. The number of rotatable bonds is 5. The van der Waals surface area contributed by atoms with Crippen LogP contribution in [0.2, 0.25) is 0 Å². The highest BCUT2D eigenvalue weighted by Gasteiger charge is 2.27. The second-order valence-electron chi connectivity index (χ2n) is 17.6. The lowest BCUT2D eigenvalue weighted by Crippen LogP contribution is -2.02. The molecule has 5 nitrogen and oxygen atoms in total. The van der Waals surface area contributed by atoms with Gasteiger partial charge in [-0.3, -0.25) is 0 Å². The largest absolute Gasteiger partial charge is 0.309 e. The minimum Gasteiger partial charge on any atom is -0.309 e. The molecular weight excluding hydrogens is 827 g/mol. The van der Waals surface area contributed by atoms with Gasteiger partial charge in [0, 0.05) is 49.6 Å². The number of hydrogen-bond acceptors (Lipinski definition) is 3. The van der Waals surface area contributed by atoms with E-state index in [0.717, 1.165) is 66.9 Å². The summed E-state index contributed by atoms with van der Waals surface area (Å²) in [5, 5.41) is 4.86. The Morgan fingerprint density at radius 2 is 0.574 bits per heavy atom. The van der Waals surface area contributed by atoms with Crippen molar-refractivity contribution in [2.24, 2.45) is 0 Å². The first kappa shape index (κ1) is 38.1. The molecule has 0 radical (unpaired) electrons. The van der Waals surface area contributed by atoms with Gasteiger partial charge in [-0.05, 0) is 111 Å². The molecule has 0 amide bonds. The smallest absolute Gasteiger partial charge is 0.164 e. The van der Waals surface area contributed by atoms with Gasteiger partial charge >= 0.3 is 0 Å². The van der Waals surface area contributed by atoms with E-state index in [1.807, 2.05) is 36.4 Å². The number of para-hydroxylation sites is 4. The van der Waals surface area contributed by atoms with E-state index in [0.29, 0.717) is 17.5 Å². The van der Waals surface area contributed by atoms with Crippen LogP contribution < -0.4 is 0 Å². The van der Waals surface area contributed by atoms with Crippen molar-refractivity contribution in [3.8, 4) is 90.0 Å². The van der Waals surface area contributed by atoms with Crippen molar-refractivity contribution in [3.63, 3.8) is 0 Å². The van der Waals surface area contributed by atoms with Gasteiger partial charge in [-0.15, -0.1) is 0 Å². The quantitative estimate of drug-likeness (QED) is 0.173. The number of benzene rings is 10. The normalized spacial score (nSPS) is 11.8. The third kappa shape index (κ3) is 5.93. The molecule has 3 aromatic heterocycles. The predicted octanol–water partition coefficient (Wildman–Crippen LogP) is 16.0. The molecule has 14 rings (SSSR count). The third-order valence-corrected chi connectivity index (χ3v) is 13.7. The molecule has 0 atom stereocenters. The van der Waals surface area contributed by atoms with E-state index in [1.54, 1.807) is 0 Å². The summed E-state index contributed by atoms with van der Waals surface area (Å²) < 4.78 is 4.84. The van der Waals surface area contributed by atoms with Crippen LogP contribution in [0.5, 0.6) is 0 Å². The van der Waals surface area contributed by atoms with E-state index in [2.05, 4.69) is 209 Å². The maximum absolute atomic E-state index is 5.20. The van der Waals surface area contributed by atoms with Crippen molar-refractivity contribution < 1.29 is 0 Å². The first-order valence-corrected chi connectivity index (χ1v) is 23.1. The van der Waals surface area contributed by atoms with Crippen molar-refractivity contribution in [1.82, 2.24) is 24.1 Å². The molecule has 68 heavy (non-hydrogen) atoms. The molecule has 316 valence electrons. The summed E-state index contributed by atoms with van der Waals surface area (Å²) in [6, 6.07) is 85.0. The van der Waals surface area contributed by atoms with E-state index < -0.39 is 0 Å². The van der Waals surface area contributed by atoms with Crippen molar-refractivity contribution in [2.45, 2.75) is 0 Å². The fourth-order valence-electron chi connectivity index (χ4n) is 10.7. The van der Waals surface area contributed by atoms with Crippen LogP contribution in [0.15, 0.2) is 237 Å². The lowest BCUT2D eigenvalue weighted by Gasteiger charge is -2.24. The first-order chi connectivity index (χ1) is 33.7. The zero-order valence-electron chi connectivity index (χ0n) is 36.8. The van der Waals surface area contributed by atoms with Crippen molar-refractivity contribution >= 4 is 43.6 Å². The SMILES string of the molecule is c1ccc(-c2nc(-c3ccccc3)nc(-c3ccc4c(c3)-c3ccccc3-c3cc5c(cc3-c3cc6c7ccccc7n(-c7ccccc7)c6cc3-4)c3ccccc3n5-c3ccccc3)n2)cc1. The van der Waals surface area contributed by atoms with Crippen LogP contribution in [0, 0.1) is 0 Å². The van der Waals surface area contributed by atoms with E-state index >= 15 is 0 Å². The number of nitrogens with zero attached hydrogens (tertiary/aromatic N) is 5. The standard InChI is InChI=1S/C63H39N5/c1-5-19-40(20-6-1)61-64-62(41-21-7-2-8-22-41)66-63(65-61)42-33-34-47-50(35-42)45-27-13-14-28-46(45)53-38-59-55(48-29-15-17-31-57(48)67(59)43-23-9-3-10-24-43)36-51(53)52-37-56-49-30-16-18-32-58(49)68(60(56)39-54(47)52)44-25-11-4-12-26-44/h1-39H. The summed E-state index contributed by atoms with van der Waals surface area (Å²) >= 11 is 0. The van der Waals surface area contributed by atoms with Crippen molar-refractivity contribution in [2.75, 3.05) is 0 Å². The van der Waals surface area contributed by atoms with Crippen LogP contribution in [0.25, 0.3) is 134 Å². The fraction of sp³-hybridized carbons (Fsp3) is 0. The molecule has 10 aromatic carbocycles. The van der Waals surface area contributed by atoms with Gasteiger partial charge in [0.05, 0.1) is 22.1 Å². The molecule has 0 N–H and O–H groups in total. The molecule has 0 saturated heterocycles. The van der Waals surface area contributed by atoms with Gasteiger partial charge in [0.1, 0.15) is 0 Å². The minimum absolute atomic E-state index is 0.620. The lowest BCUT2D eigenvalue weighted by molar-refractivity contribution is 1.07. The van der Waals surface area contributed by atoms with E-state index in [1.165, 1.54) is 49.3 Å². The van der Waals surface area contributed by atoms with Crippen LogP contribution in [-0.2, 0) is 0 Å². The van der Waals surface area contributed by atoms with Crippen molar-refractivity contribution in [3.05, 3.63) is 237 Å². The number of aromatic nitrogens is 5. The van der Waals surface area contributed by atoms with Gasteiger partial charge in [-0.25, -0.2) is 15.0 Å². The van der Waals surface area contributed by atoms with Gasteiger partial charge in [-0.1, -0.05) is 170 Å². The van der Waals surface area contributed by atoms with Crippen LogP contribution >= 0.6 is 0 Å². The second-order valence-corrected chi connectivity index (χ2v) is 17.6. The van der Waals surface area contributed by atoms with Crippen LogP contribution in [0.3, 0.4) is 0 Å². The average molecular weight is 866 g/mol. The Morgan fingerprint density at radius 1 is 0.221 bits per heavy atom. The zero-order chi connectivity index (χ0) is 44.7. The highest BCUT2D eigenvalue weighted by atomic mass is 15.0. The zero-order valence-corrected chi connectivity index (χ0v) is 36.8. The van der Waals surface area contributed by atoms with Crippen LogP contribution in [0.4, 0.5) is 0 Å². The summed E-state index contributed by atoms with van der Waals surface area (Å²) in [5.74, 6) is 1.89.